The summed E-state index contributed by atoms with van der Waals surface area (Å²) in [4.78, 5) is 17.8. The van der Waals surface area contributed by atoms with Crippen molar-refractivity contribution in [3.8, 4) is 0 Å². The van der Waals surface area contributed by atoms with E-state index in [2.05, 4.69) is 22.1 Å². The van der Waals surface area contributed by atoms with Gasteiger partial charge >= 0.3 is 0 Å². The minimum absolute atomic E-state index is 0.0170. The Labute approximate surface area is 112 Å². The van der Waals surface area contributed by atoms with Crippen molar-refractivity contribution >= 4 is 17.2 Å². The Bertz CT molecular complexity index is 362. The molecule has 2 N–H and O–H groups in total. The number of carbonyl (C=O) groups excluding carboxylic acids is 1. The molecule has 5 nitrogen and oxygen atoms in total. The van der Waals surface area contributed by atoms with Crippen molar-refractivity contribution in [2.45, 2.75) is 26.3 Å². The molecular weight excluding hydrogens is 250 g/mol. The molecule has 0 fully saturated rings. The van der Waals surface area contributed by atoms with Crippen molar-refractivity contribution in [1.29, 1.82) is 0 Å². The molecule has 0 atom stereocenters. The molecule has 1 rings (SSSR count). The average Bonchev–Trinajstić information content (AvgIpc) is 2.77. The molecule has 0 aliphatic carbocycles. The Balaban J connectivity index is 2.53. The van der Waals surface area contributed by atoms with E-state index in [9.17, 15) is 4.79 Å². The lowest BCUT2D eigenvalue weighted by molar-refractivity contribution is -0.119. The maximum atomic E-state index is 11.2. The largest absolute Gasteiger partial charge is 0.395 e. The first kappa shape index (κ1) is 15.1. The first-order chi connectivity index (χ1) is 8.69. The van der Waals surface area contributed by atoms with Gasteiger partial charge in [0, 0.05) is 25.5 Å². The summed E-state index contributed by atoms with van der Waals surface area (Å²) in [5.74, 6) is -0.0170. The van der Waals surface area contributed by atoms with Crippen LogP contribution >= 0.6 is 11.3 Å². The number of aromatic nitrogens is 1. The van der Waals surface area contributed by atoms with E-state index >= 15 is 0 Å². The van der Waals surface area contributed by atoms with Crippen LogP contribution in [0.2, 0.25) is 0 Å². The molecule has 1 aromatic rings. The van der Waals surface area contributed by atoms with Gasteiger partial charge < -0.3 is 10.4 Å². The molecule has 0 radical (unpaired) electrons. The highest BCUT2D eigenvalue weighted by molar-refractivity contribution is 7.09. The van der Waals surface area contributed by atoms with Crippen LogP contribution in [0.5, 0.6) is 0 Å². The number of likely N-dealkylation sites (N-methyl/N-ethyl adjacent to an activating group) is 1. The van der Waals surface area contributed by atoms with Gasteiger partial charge in [-0.1, -0.05) is 6.92 Å². The number of aliphatic hydroxyl groups excluding tert-OH is 1. The Morgan fingerprint density at radius 3 is 2.94 bits per heavy atom. The molecule has 0 aliphatic heterocycles. The molecule has 1 heterocycles. The van der Waals surface area contributed by atoms with Crippen LogP contribution in [0, 0.1) is 0 Å². The van der Waals surface area contributed by atoms with E-state index in [0.717, 1.165) is 30.2 Å². The van der Waals surface area contributed by atoms with E-state index in [1.807, 2.05) is 5.38 Å². The van der Waals surface area contributed by atoms with Gasteiger partial charge in [-0.15, -0.1) is 11.3 Å². The maximum absolute atomic E-state index is 11.2. The van der Waals surface area contributed by atoms with Crippen LogP contribution in [0.3, 0.4) is 0 Å². The molecule has 0 aromatic carbocycles. The average molecular weight is 271 g/mol. The van der Waals surface area contributed by atoms with Gasteiger partial charge in [0.15, 0.2) is 0 Å². The second kappa shape index (κ2) is 8.18. The van der Waals surface area contributed by atoms with Crippen LogP contribution in [0.4, 0.5) is 0 Å². The third kappa shape index (κ3) is 5.12. The number of hydrogen-bond donors (Lipinski definition) is 2. The van der Waals surface area contributed by atoms with Gasteiger partial charge in [-0.05, 0) is 13.0 Å². The van der Waals surface area contributed by atoms with Crippen molar-refractivity contribution < 1.29 is 9.90 Å². The minimum Gasteiger partial charge on any atom is -0.395 e. The normalized spacial score (nSPS) is 10.9. The van der Waals surface area contributed by atoms with E-state index in [4.69, 9.17) is 5.11 Å². The second-order valence-electron chi connectivity index (χ2n) is 4.08. The lowest BCUT2D eigenvalue weighted by atomic mass is 10.3. The van der Waals surface area contributed by atoms with Gasteiger partial charge in [0.05, 0.1) is 18.7 Å². The first-order valence-corrected chi connectivity index (χ1v) is 7.04. The molecule has 102 valence electrons. The zero-order valence-corrected chi connectivity index (χ0v) is 11.8. The van der Waals surface area contributed by atoms with Gasteiger partial charge in [0.1, 0.15) is 5.01 Å². The molecule has 0 saturated heterocycles. The number of rotatable bonds is 8. The van der Waals surface area contributed by atoms with Gasteiger partial charge in [0.25, 0.3) is 0 Å². The highest BCUT2D eigenvalue weighted by Gasteiger charge is 2.09. The van der Waals surface area contributed by atoms with Crippen LogP contribution in [0.25, 0.3) is 0 Å². The highest BCUT2D eigenvalue weighted by Crippen LogP contribution is 2.12. The molecule has 1 amide bonds. The van der Waals surface area contributed by atoms with Crippen molar-refractivity contribution in [3.05, 3.63) is 16.1 Å². The Hall–Kier alpha value is -0.980. The zero-order chi connectivity index (χ0) is 13.4. The first-order valence-electron chi connectivity index (χ1n) is 6.16. The van der Waals surface area contributed by atoms with E-state index in [-0.39, 0.29) is 12.5 Å². The van der Waals surface area contributed by atoms with E-state index < -0.39 is 0 Å². The lowest BCUT2D eigenvalue weighted by Crippen LogP contribution is -2.27. The third-order valence-corrected chi connectivity index (χ3v) is 3.43. The highest BCUT2D eigenvalue weighted by atomic mass is 32.1. The van der Waals surface area contributed by atoms with Crippen molar-refractivity contribution in [2.75, 3.05) is 26.7 Å². The monoisotopic (exact) mass is 271 g/mol. The number of nitrogens with zero attached hydrogens (tertiary/aromatic N) is 2. The van der Waals surface area contributed by atoms with Gasteiger partial charge in [-0.2, -0.15) is 0 Å². The molecule has 0 unspecified atom stereocenters. The number of thiazole rings is 1. The Morgan fingerprint density at radius 1 is 1.56 bits per heavy atom. The molecule has 0 spiro atoms. The van der Waals surface area contributed by atoms with Crippen LogP contribution < -0.4 is 5.32 Å². The molecule has 6 heteroatoms. The van der Waals surface area contributed by atoms with Crippen molar-refractivity contribution in [2.24, 2.45) is 0 Å². The predicted molar refractivity (Wildman–Crippen MR) is 72.5 cm³/mol. The van der Waals surface area contributed by atoms with Crippen LogP contribution in [0.15, 0.2) is 5.38 Å². The Morgan fingerprint density at radius 2 is 2.33 bits per heavy atom. The minimum atomic E-state index is -0.0170. The molecule has 1 aromatic heterocycles. The van der Waals surface area contributed by atoms with Gasteiger partial charge in [-0.25, -0.2) is 4.98 Å². The summed E-state index contributed by atoms with van der Waals surface area (Å²) in [6.45, 7) is 4.62. The maximum Gasteiger partial charge on any atom is 0.226 e. The smallest absolute Gasteiger partial charge is 0.226 e. The fourth-order valence-electron chi connectivity index (χ4n) is 1.69. The van der Waals surface area contributed by atoms with E-state index in [0.29, 0.717) is 13.0 Å². The molecular formula is C12H21N3O2S. The molecule has 0 bridgehead atoms. The van der Waals surface area contributed by atoms with Crippen molar-refractivity contribution in [3.63, 3.8) is 0 Å². The topological polar surface area (TPSA) is 65.5 Å². The fraction of sp³-hybridized carbons (Fsp3) is 0.667. The SMILES string of the molecule is CCCN(CCO)Cc1csc(CC(=O)NC)n1. The molecule has 0 aliphatic rings. The third-order valence-electron chi connectivity index (χ3n) is 2.53. The van der Waals surface area contributed by atoms with Gasteiger partial charge in [-0.3, -0.25) is 9.69 Å². The quantitative estimate of drug-likeness (QED) is 0.728. The summed E-state index contributed by atoms with van der Waals surface area (Å²) in [6, 6.07) is 0. The van der Waals surface area contributed by atoms with Crippen LogP contribution in [-0.4, -0.2) is 47.6 Å². The summed E-state index contributed by atoms with van der Waals surface area (Å²) in [6.07, 6.45) is 1.39. The molecule has 18 heavy (non-hydrogen) atoms. The predicted octanol–water partition coefficient (Wildman–Crippen LogP) is 0.636. The van der Waals surface area contributed by atoms with Crippen molar-refractivity contribution in [1.82, 2.24) is 15.2 Å². The number of nitrogens with one attached hydrogen (secondary N) is 1. The summed E-state index contributed by atoms with van der Waals surface area (Å²) in [7, 11) is 1.63. The van der Waals surface area contributed by atoms with E-state index in [1.165, 1.54) is 11.3 Å². The second-order valence-corrected chi connectivity index (χ2v) is 5.02. The number of hydrogen-bond acceptors (Lipinski definition) is 5. The van der Waals surface area contributed by atoms with Crippen LogP contribution in [-0.2, 0) is 17.8 Å². The Kier molecular flexibility index (Phi) is 6.85. The number of aliphatic hydroxyl groups is 1. The molecule has 0 saturated carbocycles. The summed E-state index contributed by atoms with van der Waals surface area (Å²) in [5.41, 5.74) is 0.973. The standard InChI is InChI=1S/C12H21N3O2S/c1-3-4-15(5-6-16)8-10-9-18-12(14-10)7-11(17)13-2/h9,16H,3-8H2,1-2H3,(H,13,17). The van der Waals surface area contributed by atoms with Gasteiger partial charge in [0.2, 0.25) is 5.91 Å². The lowest BCUT2D eigenvalue weighted by Gasteiger charge is -2.18. The zero-order valence-electron chi connectivity index (χ0n) is 11.0. The number of amides is 1. The summed E-state index contributed by atoms with van der Waals surface area (Å²) < 4.78 is 0. The summed E-state index contributed by atoms with van der Waals surface area (Å²) >= 11 is 1.51. The van der Waals surface area contributed by atoms with Crippen LogP contribution in [0.1, 0.15) is 24.0 Å². The fourth-order valence-corrected chi connectivity index (χ4v) is 2.47. The summed E-state index contributed by atoms with van der Waals surface area (Å²) in [5, 5.41) is 14.4. The number of carbonyl (C=O) groups is 1. The van der Waals surface area contributed by atoms with E-state index in [1.54, 1.807) is 7.05 Å².